The second-order valence-corrected chi connectivity index (χ2v) is 14.4. The summed E-state index contributed by atoms with van der Waals surface area (Å²) in [5, 5.41) is 24.5. The van der Waals surface area contributed by atoms with E-state index in [1.165, 1.54) is 17.7 Å². The number of aromatic hydroxyl groups is 1. The number of aromatic amines is 1. The van der Waals surface area contributed by atoms with Crippen LogP contribution in [-0.4, -0.2) is 114 Å². The molecule has 0 bridgehead atoms. The first kappa shape index (κ1) is 39.3. The van der Waals surface area contributed by atoms with Crippen LogP contribution in [0.1, 0.15) is 54.5 Å². The lowest BCUT2D eigenvalue weighted by atomic mass is 9.89. The van der Waals surface area contributed by atoms with E-state index in [9.17, 15) is 19.8 Å². The lowest BCUT2D eigenvalue weighted by Gasteiger charge is -2.47. The maximum absolute atomic E-state index is 15.6. The van der Waals surface area contributed by atoms with Crippen LogP contribution in [0.2, 0.25) is 0 Å². The molecule has 4 aromatic rings. The Hall–Kier alpha value is -4.40. The average molecular weight is 745 g/mol. The number of H-pyrrole nitrogens is 1. The molecule has 2 fully saturated rings. The number of anilines is 1. The van der Waals surface area contributed by atoms with Gasteiger partial charge in [0.15, 0.2) is 0 Å². The van der Waals surface area contributed by atoms with Gasteiger partial charge >= 0.3 is 0 Å². The fourth-order valence-corrected chi connectivity index (χ4v) is 7.41. The van der Waals surface area contributed by atoms with Gasteiger partial charge in [-0.05, 0) is 66.6 Å². The number of aliphatic hydroxyl groups is 1. The molecule has 0 saturated carbocycles. The van der Waals surface area contributed by atoms with Gasteiger partial charge in [-0.2, -0.15) is 0 Å². The van der Waals surface area contributed by atoms with Crippen LogP contribution in [0.25, 0.3) is 10.9 Å². The Kier molecular flexibility index (Phi) is 13.3. The number of morpholine rings is 1. The van der Waals surface area contributed by atoms with Crippen molar-refractivity contribution in [2.24, 2.45) is 0 Å². The van der Waals surface area contributed by atoms with Crippen molar-refractivity contribution in [3.63, 3.8) is 0 Å². The predicted molar refractivity (Wildman–Crippen MR) is 206 cm³/mol. The molecule has 4 N–H and O–H groups in total. The van der Waals surface area contributed by atoms with E-state index in [4.69, 9.17) is 9.47 Å². The molecule has 12 nitrogen and oxygen atoms in total. The highest BCUT2D eigenvalue weighted by Gasteiger charge is 2.40. The van der Waals surface area contributed by atoms with Crippen molar-refractivity contribution in [3.05, 3.63) is 99.2 Å². The van der Waals surface area contributed by atoms with Gasteiger partial charge in [0.1, 0.15) is 17.4 Å². The predicted octanol–water partition coefficient (Wildman–Crippen LogP) is 3.93. The number of rotatable bonds is 16. The van der Waals surface area contributed by atoms with E-state index >= 15 is 4.39 Å². The standard InChI is InChI=1S/C41H53FN6O6/c1-3-29-11-16-44-36(25-29)48-21-24-54-41(28-48)14-18-47(19-15-41)27-31-6-4-5-30(39(31)42)12-22-53-23-13-38(52)46(2)20-17-43-26-35(50)32-7-9-34(49)40-33(32)8-10-37(51)45-40/h4-11,16,25,35,43,49-50H,3,12-15,17-24,26-28H2,1-2H3,(H,45,51)/t35-/m0/s1. The number of phenols is 1. The van der Waals surface area contributed by atoms with Gasteiger partial charge in [0.25, 0.3) is 0 Å². The van der Waals surface area contributed by atoms with E-state index in [1.54, 1.807) is 30.1 Å². The van der Waals surface area contributed by atoms with Gasteiger partial charge in [-0.25, -0.2) is 9.37 Å². The minimum Gasteiger partial charge on any atom is -0.506 e. The molecule has 2 aliphatic rings. The Labute approximate surface area is 315 Å². The molecule has 0 radical (unpaired) electrons. The molecule has 1 spiro atoms. The molecule has 0 unspecified atom stereocenters. The van der Waals surface area contributed by atoms with Crippen molar-refractivity contribution in [1.82, 2.24) is 25.1 Å². The summed E-state index contributed by atoms with van der Waals surface area (Å²) in [5.74, 6) is 0.689. The summed E-state index contributed by atoms with van der Waals surface area (Å²) in [6.45, 7) is 8.38. The Bertz CT molecular complexity index is 1930. The first-order chi connectivity index (χ1) is 26.1. The second kappa shape index (κ2) is 18.3. The van der Waals surface area contributed by atoms with Crippen LogP contribution in [0.15, 0.2) is 65.6 Å². The number of nitrogens with one attached hydrogen (secondary N) is 2. The summed E-state index contributed by atoms with van der Waals surface area (Å²) in [5.41, 5.74) is 2.88. The van der Waals surface area contributed by atoms with Crippen molar-refractivity contribution >= 4 is 22.6 Å². The number of aliphatic hydroxyl groups excluding tert-OH is 1. The molecular weight excluding hydrogens is 691 g/mol. The maximum Gasteiger partial charge on any atom is 0.248 e. The monoisotopic (exact) mass is 744 g/mol. The molecule has 54 heavy (non-hydrogen) atoms. The van der Waals surface area contributed by atoms with Crippen LogP contribution in [0.4, 0.5) is 10.2 Å². The third-order valence-corrected chi connectivity index (χ3v) is 10.7. The number of halogens is 1. The van der Waals surface area contributed by atoms with E-state index < -0.39 is 6.10 Å². The molecule has 1 amide bonds. The molecule has 13 heteroatoms. The van der Waals surface area contributed by atoms with E-state index in [0.717, 1.165) is 51.3 Å². The Morgan fingerprint density at radius 2 is 1.94 bits per heavy atom. The SMILES string of the molecule is CCc1ccnc(N2CCOC3(CCN(Cc4cccc(CCOCCC(=O)N(C)CCNC[C@H](O)c5ccc(O)c6[nH]c(=O)ccc56)c4F)CC3)C2)c1. The number of likely N-dealkylation sites (N-methyl/N-ethyl adjacent to an activating group) is 1. The van der Waals surface area contributed by atoms with Gasteiger partial charge in [-0.15, -0.1) is 0 Å². The highest BCUT2D eigenvalue weighted by atomic mass is 19.1. The number of carbonyl (C=O) groups is 1. The molecule has 4 heterocycles. The number of amides is 1. The highest BCUT2D eigenvalue weighted by molar-refractivity contribution is 5.87. The Morgan fingerprint density at radius 3 is 2.76 bits per heavy atom. The van der Waals surface area contributed by atoms with Crippen LogP contribution in [0, 0.1) is 5.82 Å². The van der Waals surface area contributed by atoms with Crippen molar-refractivity contribution in [1.29, 1.82) is 0 Å². The topological polar surface area (TPSA) is 143 Å². The minimum absolute atomic E-state index is 0.0652. The zero-order valence-corrected chi connectivity index (χ0v) is 31.4. The lowest BCUT2D eigenvalue weighted by molar-refractivity contribution is -0.131. The van der Waals surface area contributed by atoms with Crippen molar-refractivity contribution in [2.45, 2.75) is 57.3 Å². The van der Waals surface area contributed by atoms with Gasteiger partial charge in [-0.1, -0.05) is 31.2 Å². The molecule has 290 valence electrons. The molecule has 6 rings (SSSR count). The summed E-state index contributed by atoms with van der Waals surface area (Å²) in [6.07, 6.45) is 4.40. The number of hydrogen-bond acceptors (Lipinski definition) is 10. The fourth-order valence-electron chi connectivity index (χ4n) is 7.41. The van der Waals surface area contributed by atoms with Crippen molar-refractivity contribution in [3.8, 4) is 5.75 Å². The van der Waals surface area contributed by atoms with Crippen molar-refractivity contribution in [2.75, 3.05) is 77.6 Å². The Balaban J connectivity index is 0.874. The zero-order chi connectivity index (χ0) is 38.1. The number of piperidine rings is 1. The number of hydrogen-bond donors (Lipinski definition) is 4. The average Bonchev–Trinajstić information content (AvgIpc) is 3.18. The molecule has 2 aromatic carbocycles. The van der Waals surface area contributed by atoms with Gasteiger partial charge in [0.05, 0.1) is 43.5 Å². The maximum atomic E-state index is 15.6. The van der Waals surface area contributed by atoms with Gasteiger partial charge in [-0.3, -0.25) is 14.5 Å². The summed E-state index contributed by atoms with van der Waals surface area (Å²) in [7, 11) is 1.72. The number of fused-ring (bicyclic) bond motifs is 1. The number of ether oxygens (including phenoxy) is 2. The van der Waals surface area contributed by atoms with Crippen LogP contribution in [-0.2, 0) is 33.7 Å². The third kappa shape index (κ3) is 9.82. The van der Waals surface area contributed by atoms with E-state index in [1.807, 2.05) is 18.3 Å². The third-order valence-electron chi connectivity index (χ3n) is 10.7. The first-order valence-corrected chi connectivity index (χ1v) is 19.0. The highest BCUT2D eigenvalue weighted by Crippen LogP contribution is 2.33. The van der Waals surface area contributed by atoms with Crippen LogP contribution < -0.4 is 15.8 Å². The zero-order valence-electron chi connectivity index (χ0n) is 31.4. The molecule has 2 aromatic heterocycles. The number of pyridine rings is 2. The number of nitrogens with zero attached hydrogens (tertiary/aromatic N) is 4. The van der Waals surface area contributed by atoms with Gasteiger partial charge < -0.3 is 39.8 Å². The largest absolute Gasteiger partial charge is 0.506 e. The van der Waals surface area contributed by atoms with E-state index in [0.29, 0.717) is 61.3 Å². The quantitative estimate of drug-likeness (QED) is 0.125. The smallest absolute Gasteiger partial charge is 0.248 e. The number of aromatic nitrogens is 2. The lowest BCUT2D eigenvalue weighted by Crippen LogP contribution is -2.57. The fraction of sp³-hybridized carbons (Fsp3) is 0.488. The molecule has 0 aliphatic carbocycles. The second-order valence-electron chi connectivity index (χ2n) is 14.4. The number of aryl methyl sites for hydroxylation is 1. The summed E-state index contributed by atoms with van der Waals surface area (Å²) < 4.78 is 27.7. The van der Waals surface area contributed by atoms with Crippen LogP contribution >= 0.6 is 0 Å². The first-order valence-electron chi connectivity index (χ1n) is 19.0. The van der Waals surface area contributed by atoms with Gasteiger partial charge in [0.2, 0.25) is 11.5 Å². The number of phenolic OH excluding ortho intramolecular Hbond substituents is 1. The minimum atomic E-state index is -0.882. The number of carbonyl (C=O) groups excluding carboxylic acids is 1. The molecule has 2 saturated heterocycles. The van der Waals surface area contributed by atoms with E-state index in [2.05, 4.69) is 44.1 Å². The van der Waals surface area contributed by atoms with Gasteiger partial charge in [0, 0.05) is 82.6 Å². The van der Waals surface area contributed by atoms with Crippen LogP contribution in [0.5, 0.6) is 5.75 Å². The Morgan fingerprint density at radius 1 is 1.13 bits per heavy atom. The molecule has 1 atom stereocenters. The summed E-state index contributed by atoms with van der Waals surface area (Å²) in [6, 6.07) is 15.8. The normalized spacial score (nSPS) is 16.6. The summed E-state index contributed by atoms with van der Waals surface area (Å²) in [4.78, 5) is 37.8. The van der Waals surface area contributed by atoms with E-state index in [-0.39, 0.29) is 53.7 Å². The molecule has 2 aliphatic heterocycles. The van der Waals surface area contributed by atoms with Crippen molar-refractivity contribution < 1.29 is 28.9 Å². The molecular formula is C41H53FN6O6. The number of benzene rings is 2. The summed E-state index contributed by atoms with van der Waals surface area (Å²) >= 11 is 0. The van der Waals surface area contributed by atoms with Crippen LogP contribution in [0.3, 0.4) is 0 Å². The number of likely N-dealkylation sites (tertiary alicyclic amines) is 1.